The normalized spacial score (nSPS) is 15.2. The van der Waals surface area contributed by atoms with Gasteiger partial charge in [0.2, 0.25) is 0 Å². The van der Waals surface area contributed by atoms with Gasteiger partial charge in [-0.2, -0.15) is 0 Å². The topological polar surface area (TPSA) is 58.6 Å². The average Bonchev–Trinajstić information content (AvgIpc) is 2.94. The fraction of sp³-hybridized carbons (Fsp3) is 0.316. The van der Waals surface area contributed by atoms with E-state index in [0.717, 1.165) is 0 Å². The number of rotatable bonds is 3. The summed E-state index contributed by atoms with van der Waals surface area (Å²) in [6, 6.07) is 7.73. The Morgan fingerprint density at radius 2 is 1.89 bits per heavy atom. The monoisotopic (exact) mass is 555 g/mol. The van der Waals surface area contributed by atoms with Gasteiger partial charge < -0.3 is 15.2 Å². The molecule has 2 aromatic rings. The third kappa shape index (κ3) is 6.79. The Morgan fingerprint density at radius 3 is 2.43 bits per heavy atom. The molecule has 1 atom stereocenters. The van der Waals surface area contributed by atoms with E-state index in [4.69, 9.17) is 33.0 Å². The van der Waals surface area contributed by atoms with Gasteiger partial charge >= 0.3 is 6.09 Å². The van der Waals surface area contributed by atoms with Crippen LogP contribution in [0.25, 0.3) is 11.1 Å². The number of hydrogen-bond donors (Lipinski definition) is 2. The van der Waals surface area contributed by atoms with Gasteiger partial charge in [0.05, 0.1) is 16.6 Å². The maximum Gasteiger partial charge on any atom is 0.404 e. The van der Waals surface area contributed by atoms with Gasteiger partial charge in [-0.3, -0.25) is 0 Å². The van der Waals surface area contributed by atoms with E-state index in [2.05, 4.69) is 46.8 Å². The second-order valence-electron chi connectivity index (χ2n) is 7.24. The van der Waals surface area contributed by atoms with Gasteiger partial charge in [0, 0.05) is 23.1 Å². The molecule has 0 bridgehead atoms. The summed E-state index contributed by atoms with van der Waals surface area (Å²) in [5.74, 6) is 0.0590. The van der Waals surface area contributed by atoms with E-state index < -0.39 is 23.6 Å². The van der Waals surface area contributed by atoms with Crippen LogP contribution in [0.1, 0.15) is 5.56 Å². The molecule has 0 saturated heterocycles. The summed E-state index contributed by atoms with van der Waals surface area (Å²) in [5, 5.41) is 11.7. The second-order valence-corrected chi connectivity index (χ2v) is 21.9. The number of carbonyl (C=O) groups is 1. The summed E-state index contributed by atoms with van der Waals surface area (Å²) < 4.78 is 19.8. The first-order valence-electron chi connectivity index (χ1n) is 8.55. The number of halogens is 4. The zero-order valence-corrected chi connectivity index (χ0v) is 20.3. The number of hydrogen-bond acceptors (Lipinski definition) is 2. The highest BCUT2D eigenvalue weighted by Crippen LogP contribution is 2.44. The van der Waals surface area contributed by atoms with Gasteiger partial charge in [-0.1, -0.05) is 48.9 Å². The summed E-state index contributed by atoms with van der Waals surface area (Å²) >= 11 is 14.9. The van der Waals surface area contributed by atoms with Crippen molar-refractivity contribution in [3.05, 3.63) is 51.8 Å². The Hall–Kier alpha value is -1.03. The van der Waals surface area contributed by atoms with Crippen LogP contribution in [0.4, 0.5) is 9.18 Å². The van der Waals surface area contributed by atoms with Crippen LogP contribution in [0.3, 0.4) is 0 Å². The molecule has 0 fully saturated rings. The molecule has 2 aromatic carbocycles. The van der Waals surface area contributed by atoms with Crippen LogP contribution in [0, 0.1) is 5.82 Å². The molecule has 4 nitrogen and oxygen atoms in total. The Bertz CT molecular complexity index is 851. The lowest BCUT2D eigenvalue weighted by Gasteiger charge is -2.14. The van der Waals surface area contributed by atoms with Gasteiger partial charge in [0.25, 0.3) is 0 Å². The highest BCUT2D eigenvalue weighted by atomic mass is 127. The predicted octanol–water partition coefficient (Wildman–Crippen LogP) is 6.63. The first kappa shape index (κ1) is 23.2. The van der Waals surface area contributed by atoms with E-state index in [0.29, 0.717) is 38.9 Å². The van der Waals surface area contributed by atoms with Crippen LogP contribution in [-0.4, -0.2) is 29.4 Å². The van der Waals surface area contributed by atoms with Gasteiger partial charge in [0.1, 0.15) is 23.2 Å². The van der Waals surface area contributed by atoms with E-state index in [9.17, 15) is 9.18 Å². The molecule has 1 aliphatic rings. The van der Waals surface area contributed by atoms with Crippen molar-refractivity contribution in [2.24, 2.45) is 0 Å². The molecule has 3 rings (SSSR count). The number of benzene rings is 2. The van der Waals surface area contributed by atoms with Gasteiger partial charge in [-0.05, 0) is 24.3 Å². The van der Waals surface area contributed by atoms with Crippen molar-refractivity contribution in [3.63, 3.8) is 0 Å². The van der Waals surface area contributed by atoms with E-state index >= 15 is 0 Å². The minimum absolute atomic E-state index is 0.112. The Kier molecular flexibility index (Phi) is 8.01. The molecule has 1 unspecified atom stereocenters. The van der Waals surface area contributed by atoms with E-state index in [1.807, 2.05) is 0 Å². The fourth-order valence-corrected chi connectivity index (χ4v) is 3.25. The summed E-state index contributed by atoms with van der Waals surface area (Å²) in [7, 11) is 0. The van der Waals surface area contributed by atoms with Crippen molar-refractivity contribution in [1.82, 2.24) is 5.32 Å². The van der Waals surface area contributed by atoms with E-state index in [1.165, 1.54) is 12.1 Å². The number of fused-ring (bicyclic) bond motifs is 1. The van der Waals surface area contributed by atoms with Crippen LogP contribution in [0.2, 0.25) is 29.7 Å². The average molecular weight is 556 g/mol. The molecule has 0 aromatic heterocycles. The van der Waals surface area contributed by atoms with Gasteiger partial charge in [0.15, 0.2) is 0 Å². The minimum atomic E-state index is -1.13. The van der Waals surface area contributed by atoms with Crippen LogP contribution in [0.15, 0.2) is 30.3 Å². The molecular weight excluding hydrogens is 535 g/mol. The third-order valence-corrected chi connectivity index (χ3v) is 4.21. The third-order valence-electron chi connectivity index (χ3n) is 3.58. The molecule has 0 aliphatic carbocycles. The number of ether oxygens (including phenoxy) is 1. The Morgan fingerprint density at radius 1 is 1.32 bits per heavy atom. The largest absolute Gasteiger partial charge is 0.487 e. The zero-order valence-electron chi connectivity index (χ0n) is 15.7. The van der Waals surface area contributed by atoms with Crippen molar-refractivity contribution in [3.8, 4) is 16.9 Å². The molecule has 0 radical (unpaired) electrons. The van der Waals surface area contributed by atoms with E-state index in [-0.39, 0.29) is 6.54 Å². The Labute approximate surface area is 187 Å². The van der Waals surface area contributed by atoms with E-state index in [1.54, 1.807) is 18.2 Å². The van der Waals surface area contributed by atoms with Crippen molar-refractivity contribution in [2.75, 3.05) is 6.54 Å². The van der Waals surface area contributed by atoms with Crippen molar-refractivity contribution < 1.29 is 19.0 Å². The van der Waals surface area contributed by atoms with Crippen molar-refractivity contribution in [2.45, 2.75) is 32.2 Å². The molecule has 1 heterocycles. The summed E-state index contributed by atoms with van der Waals surface area (Å²) in [5.41, 5.74) is 0.984. The Balaban J connectivity index is 0.000000500. The van der Waals surface area contributed by atoms with Gasteiger partial charge in [-0.25, -0.2) is 9.18 Å². The zero-order chi connectivity index (χ0) is 21.1. The van der Waals surface area contributed by atoms with Crippen LogP contribution in [-0.2, 0) is 6.42 Å². The molecule has 9 heteroatoms. The molecule has 28 heavy (non-hydrogen) atoms. The molecule has 0 spiro atoms. The van der Waals surface area contributed by atoms with Gasteiger partial charge in [-0.15, -0.1) is 21.8 Å². The number of amides is 1. The lowest BCUT2D eigenvalue weighted by molar-refractivity contribution is 0.181. The molecule has 152 valence electrons. The van der Waals surface area contributed by atoms with Crippen molar-refractivity contribution >= 4 is 56.7 Å². The molecular formula is C19H21Cl2FINO3Si. The summed E-state index contributed by atoms with van der Waals surface area (Å²) in [6.07, 6.45) is -1.13. The second kappa shape index (κ2) is 9.64. The van der Waals surface area contributed by atoms with Crippen LogP contribution in [0.5, 0.6) is 5.75 Å². The smallest absolute Gasteiger partial charge is 0.404 e. The highest BCUT2D eigenvalue weighted by Gasteiger charge is 2.28. The standard InChI is InChI=1S/C16H12Cl2FNO3.C3H9ISi/c17-12-2-1-3-13(18)14(12)11-6-9(19)4-8-5-10(23-15(8)11)7-20-16(21)22;1-5(2,3)4/h1-4,6,10,20H,5,7H2,(H,21,22);1-3H3. The quantitative estimate of drug-likeness (QED) is 0.254. The number of nitrogens with one attached hydrogen (secondary N) is 1. The SMILES string of the molecule is C[Si](C)(C)I.O=C(O)NCC1Cc2cc(F)cc(-c3c(Cl)cccc3Cl)c2O1. The highest BCUT2D eigenvalue weighted by molar-refractivity contribution is 14.1. The minimum Gasteiger partial charge on any atom is -0.487 e. The first-order chi connectivity index (χ1) is 13.0. The first-order valence-corrected chi connectivity index (χ1v) is 15.9. The number of carboxylic acid groups (broad SMARTS) is 1. The molecule has 0 saturated carbocycles. The fourth-order valence-electron chi connectivity index (χ4n) is 2.65. The molecule has 1 aliphatic heterocycles. The van der Waals surface area contributed by atoms with Crippen LogP contribution < -0.4 is 10.1 Å². The molecule has 2 N–H and O–H groups in total. The lowest BCUT2D eigenvalue weighted by Crippen LogP contribution is -2.33. The lowest BCUT2D eigenvalue weighted by atomic mass is 10.00. The maximum absolute atomic E-state index is 14.0. The summed E-state index contributed by atoms with van der Waals surface area (Å²) in [6.45, 7) is 7.05. The van der Waals surface area contributed by atoms with Crippen molar-refractivity contribution in [1.29, 1.82) is 0 Å². The maximum atomic E-state index is 14.0. The van der Waals surface area contributed by atoms with Crippen LogP contribution >= 0.6 is 45.0 Å². The summed E-state index contributed by atoms with van der Waals surface area (Å²) in [4.78, 5) is 10.6. The molecule has 1 amide bonds. The predicted molar refractivity (Wildman–Crippen MR) is 123 cm³/mol.